The molecular formula is C14H15FN4. The predicted molar refractivity (Wildman–Crippen MR) is 73.8 cm³/mol. The predicted octanol–water partition coefficient (Wildman–Crippen LogP) is 2.14. The number of rotatable bonds is 4. The van der Waals surface area contributed by atoms with Crippen molar-refractivity contribution in [1.82, 2.24) is 4.98 Å². The van der Waals surface area contributed by atoms with Crippen LogP contribution in [-0.4, -0.2) is 17.9 Å². The molecule has 0 aliphatic heterocycles. The third kappa shape index (κ3) is 3.07. The smallest absolute Gasteiger partial charge is 0.129 e. The average Bonchev–Trinajstić information content (AvgIpc) is 2.41. The molecule has 1 aromatic carbocycles. The Morgan fingerprint density at radius 2 is 2.11 bits per heavy atom. The zero-order valence-corrected chi connectivity index (χ0v) is 10.6. The van der Waals surface area contributed by atoms with E-state index in [1.54, 1.807) is 36.5 Å². The molecule has 0 fully saturated rings. The number of benzene rings is 1. The van der Waals surface area contributed by atoms with E-state index >= 15 is 0 Å². The number of halogens is 1. The van der Waals surface area contributed by atoms with Crippen molar-refractivity contribution in [3.63, 3.8) is 0 Å². The van der Waals surface area contributed by atoms with E-state index in [-0.39, 0.29) is 11.7 Å². The molecule has 0 saturated heterocycles. The number of nitrogens with one attached hydrogen (secondary N) is 1. The summed E-state index contributed by atoms with van der Waals surface area (Å²) < 4.78 is 13.6. The van der Waals surface area contributed by atoms with Gasteiger partial charge in [0.05, 0.1) is 0 Å². The second-order valence-electron chi connectivity index (χ2n) is 4.26. The van der Waals surface area contributed by atoms with Gasteiger partial charge in [0.15, 0.2) is 0 Å². The maximum absolute atomic E-state index is 13.6. The highest BCUT2D eigenvalue weighted by atomic mass is 19.1. The minimum absolute atomic E-state index is 0.0112. The van der Waals surface area contributed by atoms with Gasteiger partial charge in [0.1, 0.15) is 17.5 Å². The number of nitrogen functional groups attached to an aromatic ring is 1. The second kappa shape index (κ2) is 5.48. The zero-order valence-electron chi connectivity index (χ0n) is 10.6. The van der Waals surface area contributed by atoms with Crippen molar-refractivity contribution in [3.05, 3.63) is 59.5 Å². The van der Waals surface area contributed by atoms with Crippen LogP contribution >= 0.6 is 0 Å². The van der Waals surface area contributed by atoms with Gasteiger partial charge in [0.25, 0.3) is 0 Å². The van der Waals surface area contributed by atoms with Crippen molar-refractivity contribution in [2.75, 3.05) is 11.9 Å². The van der Waals surface area contributed by atoms with Crippen LogP contribution in [0.25, 0.3) is 0 Å². The topological polar surface area (TPSA) is 66.0 Å². The molecule has 0 radical (unpaired) electrons. The van der Waals surface area contributed by atoms with E-state index in [2.05, 4.69) is 4.98 Å². The Balaban J connectivity index is 2.20. The summed E-state index contributed by atoms with van der Waals surface area (Å²) in [4.78, 5) is 6.01. The molecule has 2 rings (SSSR count). The Morgan fingerprint density at radius 1 is 1.37 bits per heavy atom. The van der Waals surface area contributed by atoms with Gasteiger partial charge in [-0.05, 0) is 18.2 Å². The van der Waals surface area contributed by atoms with Crippen molar-refractivity contribution >= 4 is 11.7 Å². The van der Waals surface area contributed by atoms with Gasteiger partial charge in [0.2, 0.25) is 0 Å². The van der Waals surface area contributed by atoms with Crippen molar-refractivity contribution in [2.45, 2.75) is 6.54 Å². The van der Waals surface area contributed by atoms with Crippen LogP contribution in [0.2, 0.25) is 0 Å². The lowest BCUT2D eigenvalue weighted by molar-refractivity contribution is 0.607. The number of anilines is 1. The summed E-state index contributed by atoms with van der Waals surface area (Å²) in [7, 11) is 1.82. The van der Waals surface area contributed by atoms with Crippen molar-refractivity contribution in [3.8, 4) is 0 Å². The zero-order chi connectivity index (χ0) is 13.8. The van der Waals surface area contributed by atoms with E-state index in [0.29, 0.717) is 23.5 Å². The van der Waals surface area contributed by atoms with Crippen LogP contribution < -0.4 is 10.6 Å². The lowest BCUT2D eigenvalue weighted by Gasteiger charge is -2.19. The van der Waals surface area contributed by atoms with Crippen LogP contribution in [0.15, 0.2) is 42.6 Å². The molecule has 1 aromatic heterocycles. The molecule has 4 nitrogen and oxygen atoms in total. The standard InChI is InChI=1S/C14H15FN4/c1-19(9-11-4-2-3-5-12(11)15)13-8-10(14(16)17)6-7-18-13/h2-8H,9H2,1H3,(H3,16,17). The van der Waals surface area contributed by atoms with Crippen LogP contribution in [0.5, 0.6) is 0 Å². The average molecular weight is 258 g/mol. The largest absolute Gasteiger partial charge is 0.384 e. The Morgan fingerprint density at radius 3 is 2.79 bits per heavy atom. The summed E-state index contributed by atoms with van der Waals surface area (Å²) in [5.74, 6) is 0.399. The van der Waals surface area contributed by atoms with Crippen molar-refractivity contribution in [1.29, 1.82) is 5.41 Å². The molecule has 0 spiro atoms. The van der Waals surface area contributed by atoms with Gasteiger partial charge in [-0.2, -0.15) is 0 Å². The summed E-state index contributed by atoms with van der Waals surface area (Å²) in [6.45, 7) is 0.404. The first kappa shape index (κ1) is 13.0. The summed E-state index contributed by atoms with van der Waals surface area (Å²) in [5, 5.41) is 7.40. The van der Waals surface area contributed by atoms with E-state index in [9.17, 15) is 4.39 Å². The highest BCUT2D eigenvalue weighted by Gasteiger charge is 2.08. The molecule has 5 heteroatoms. The third-order valence-corrected chi connectivity index (χ3v) is 2.81. The number of hydrogen-bond donors (Lipinski definition) is 2. The van der Waals surface area contributed by atoms with Gasteiger partial charge >= 0.3 is 0 Å². The minimum atomic E-state index is -0.239. The monoisotopic (exact) mass is 258 g/mol. The molecule has 0 saturated carbocycles. The van der Waals surface area contributed by atoms with Crippen LogP contribution in [-0.2, 0) is 6.54 Å². The normalized spacial score (nSPS) is 10.2. The fourth-order valence-corrected chi connectivity index (χ4v) is 1.76. The molecule has 98 valence electrons. The first-order chi connectivity index (χ1) is 9.08. The number of nitrogens with zero attached hydrogens (tertiary/aromatic N) is 2. The van der Waals surface area contributed by atoms with E-state index in [1.165, 1.54) is 6.07 Å². The maximum Gasteiger partial charge on any atom is 0.129 e. The Labute approximate surface area is 111 Å². The van der Waals surface area contributed by atoms with E-state index in [0.717, 1.165) is 0 Å². The molecule has 0 unspecified atom stereocenters. The first-order valence-electron chi connectivity index (χ1n) is 5.83. The van der Waals surface area contributed by atoms with Crippen LogP contribution in [0.3, 0.4) is 0 Å². The highest BCUT2D eigenvalue weighted by molar-refractivity contribution is 5.95. The molecular weight excluding hydrogens is 243 g/mol. The van der Waals surface area contributed by atoms with Gasteiger partial charge in [-0.25, -0.2) is 9.37 Å². The fraction of sp³-hybridized carbons (Fsp3) is 0.143. The lowest BCUT2D eigenvalue weighted by Crippen LogP contribution is -2.19. The van der Waals surface area contributed by atoms with Gasteiger partial charge in [-0.15, -0.1) is 0 Å². The van der Waals surface area contributed by atoms with Gasteiger partial charge in [0, 0.05) is 30.9 Å². The maximum atomic E-state index is 13.6. The molecule has 0 atom stereocenters. The molecule has 19 heavy (non-hydrogen) atoms. The van der Waals surface area contributed by atoms with E-state index in [4.69, 9.17) is 11.1 Å². The molecule has 0 aliphatic rings. The fourth-order valence-electron chi connectivity index (χ4n) is 1.76. The highest BCUT2D eigenvalue weighted by Crippen LogP contribution is 2.15. The van der Waals surface area contributed by atoms with Crippen LogP contribution in [0.1, 0.15) is 11.1 Å². The number of nitrogens with two attached hydrogens (primary N) is 1. The number of hydrogen-bond acceptors (Lipinski definition) is 3. The van der Waals surface area contributed by atoms with Gasteiger partial charge in [-0.3, -0.25) is 5.41 Å². The van der Waals surface area contributed by atoms with Crippen molar-refractivity contribution < 1.29 is 4.39 Å². The summed E-state index contributed by atoms with van der Waals surface area (Å²) in [5.41, 5.74) is 6.64. The molecule has 0 aliphatic carbocycles. The van der Waals surface area contributed by atoms with E-state index in [1.807, 2.05) is 11.9 Å². The van der Waals surface area contributed by atoms with Crippen LogP contribution in [0.4, 0.5) is 10.2 Å². The summed E-state index contributed by atoms with van der Waals surface area (Å²) in [6, 6.07) is 10.0. The number of pyridine rings is 1. The number of aromatic nitrogens is 1. The summed E-state index contributed by atoms with van der Waals surface area (Å²) in [6.07, 6.45) is 1.59. The molecule has 1 heterocycles. The van der Waals surface area contributed by atoms with E-state index < -0.39 is 0 Å². The Kier molecular flexibility index (Phi) is 3.75. The molecule has 3 N–H and O–H groups in total. The van der Waals surface area contributed by atoms with Gasteiger partial charge < -0.3 is 10.6 Å². The molecule has 0 amide bonds. The summed E-state index contributed by atoms with van der Waals surface area (Å²) >= 11 is 0. The first-order valence-corrected chi connectivity index (χ1v) is 5.83. The second-order valence-corrected chi connectivity index (χ2v) is 4.26. The third-order valence-electron chi connectivity index (χ3n) is 2.81. The molecule has 2 aromatic rings. The number of amidine groups is 1. The minimum Gasteiger partial charge on any atom is -0.384 e. The Hall–Kier alpha value is -2.43. The van der Waals surface area contributed by atoms with Crippen molar-refractivity contribution in [2.24, 2.45) is 5.73 Å². The lowest BCUT2D eigenvalue weighted by atomic mass is 10.2. The Bertz CT molecular complexity index is 598. The van der Waals surface area contributed by atoms with Gasteiger partial charge in [-0.1, -0.05) is 18.2 Å². The molecule has 0 bridgehead atoms. The SMILES string of the molecule is CN(Cc1ccccc1F)c1cc(C(=N)N)ccn1. The quantitative estimate of drug-likeness (QED) is 0.652. The van der Waals surface area contributed by atoms with Crippen LogP contribution in [0, 0.1) is 11.2 Å².